The largest absolute Gasteiger partial charge is 0.508 e. The van der Waals surface area contributed by atoms with Gasteiger partial charge in [-0.2, -0.15) is 0 Å². The van der Waals surface area contributed by atoms with Gasteiger partial charge >= 0.3 is 5.97 Å². The lowest BCUT2D eigenvalue weighted by molar-refractivity contribution is -0.141. The Bertz CT molecular complexity index is 470. The molecule has 1 aliphatic heterocycles. The summed E-state index contributed by atoms with van der Waals surface area (Å²) < 4.78 is 5.31. The van der Waals surface area contributed by atoms with Crippen LogP contribution >= 0.6 is 0 Å². The van der Waals surface area contributed by atoms with Gasteiger partial charge in [0.1, 0.15) is 5.75 Å². The topological polar surface area (TPSA) is 87.1 Å². The first-order chi connectivity index (χ1) is 9.06. The van der Waals surface area contributed by atoms with Crippen molar-refractivity contribution in [1.29, 1.82) is 0 Å². The van der Waals surface area contributed by atoms with Crippen molar-refractivity contribution in [2.75, 3.05) is 19.7 Å². The standard InChI is InChI=1S/C13H15NO5/c15-10-3-1-9(2-4-10)13(18)14-5-6-19-11(8-14)7-12(16)17/h1-4,11,15H,5-8H2,(H,16,17). The zero-order valence-electron chi connectivity index (χ0n) is 10.3. The van der Waals surface area contributed by atoms with E-state index in [0.29, 0.717) is 18.7 Å². The van der Waals surface area contributed by atoms with E-state index in [9.17, 15) is 14.7 Å². The second-order valence-corrected chi connectivity index (χ2v) is 4.39. The van der Waals surface area contributed by atoms with Gasteiger partial charge in [-0.3, -0.25) is 9.59 Å². The minimum Gasteiger partial charge on any atom is -0.508 e. The van der Waals surface area contributed by atoms with Crippen LogP contribution < -0.4 is 0 Å². The third-order valence-electron chi connectivity index (χ3n) is 2.94. The van der Waals surface area contributed by atoms with Crippen molar-refractivity contribution in [2.24, 2.45) is 0 Å². The molecule has 1 fully saturated rings. The number of ether oxygens (including phenoxy) is 1. The molecule has 0 saturated carbocycles. The van der Waals surface area contributed by atoms with Crippen LogP contribution in [0.1, 0.15) is 16.8 Å². The summed E-state index contributed by atoms with van der Waals surface area (Å²) >= 11 is 0. The fourth-order valence-electron chi connectivity index (χ4n) is 2.01. The van der Waals surface area contributed by atoms with Crippen molar-refractivity contribution in [3.05, 3.63) is 29.8 Å². The number of morpholine rings is 1. The number of phenols is 1. The molecule has 6 heteroatoms. The maximum Gasteiger partial charge on any atom is 0.306 e. The zero-order valence-corrected chi connectivity index (χ0v) is 10.3. The van der Waals surface area contributed by atoms with Gasteiger partial charge in [0.15, 0.2) is 0 Å². The fourth-order valence-corrected chi connectivity index (χ4v) is 2.01. The Labute approximate surface area is 110 Å². The molecule has 1 unspecified atom stereocenters. The monoisotopic (exact) mass is 265 g/mol. The second kappa shape index (κ2) is 5.71. The summed E-state index contributed by atoms with van der Waals surface area (Å²) in [5, 5.41) is 17.9. The predicted molar refractivity (Wildman–Crippen MR) is 66.0 cm³/mol. The van der Waals surface area contributed by atoms with Crippen LogP contribution in [0.3, 0.4) is 0 Å². The van der Waals surface area contributed by atoms with Gasteiger partial charge < -0.3 is 19.8 Å². The first kappa shape index (κ1) is 13.4. The number of aliphatic carboxylic acids is 1. The fraction of sp³-hybridized carbons (Fsp3) is 0.385. The number of carboxylic acids is 1. The highest BCUT2D eigenvalue weighted by atomic mass is 16.5. The summed E-state index contributed by atoms with van der Waals surface area (Å²) in [6.45, 7) is 1.05. The minimum absolute atomic E-state index is 0.0993. The summed E-state index contributed by atoms with van der Waals surface area (Å²) in [7, 11) is 0. The number of nitrogens with zero attached hydrogens (tertiary/aromatic N) is 1. The Balaban J connectivity index is 2.02. The maximum atomic E-state index is 12.2. The Hall–Kier alpha value is -2.08. The minimum atomic E-state index is -0.941. The average molecular weight is 265 g/mol. The van der Waals surface area contributed by atoms with E-state index < -0.39 is 12.1 Å². The molecule has 1 amide bonds. The van der Waals surface area contributed by atoms with E-state index in [1.165, 1.54) is 12.1 Å². The molecular formula is C13H15NO5. The van der Waals surface area contributed by atoms with Crippen LogP contribution in [-0.2, 0) is 9.53 Å². The van der Waals surface area contributed by atoms with Crippen LogP contribution in [0.25, 0.3) is 0 Å². The van der Waals surface area contributed by atoms with Gasteiger partial charge in [-0.25, -0.2) is 0 Å². The predicted octanol–water partition coefficient (Wildman–Crippen LogP) is 0.708. The highest BCUT2D eigenvalue weighted by Gasteiger charge is 2.26. The van der Waals surface area contributed by atoms with Gasteiger partial charge in [0.2, 0.25) is 0 Å². The number of hydrogen-bond acceptors (Lipinski definition) is 4. The van der Waals surface area contributed by atoms with Gasteiger partial charge in [-0.1, -0.05) is 0 Å². The third-order valence-corrected chi connectivity index (χ3v) is 2.94. The molecule has 1 aromatic rings. The molecule has 6 nitrogen and oxygen atoms in total. The molecule has 0 radical (unpaired) electrons. The molecule has 102 valence electrons. The van der Waals surface area contributed by atoms with E-state index in [4.69, 9.17) is 9.84 Å². The number of hydrogen-bond donors (Lipinski definition) is 2. The van der Waals surface area contributed by atoms with Crippen LogP contribution in [0.15, 0.2) is 24.3 Å². The van der Waals surface area contributed by atoms with Crippen molar-refractivity contribution in [2.45, 2.75) is 12.5 Å². The number of carbonyl (C=O) groups is 2. The van der Waals surface area contributed by atoms with Crippen molar-refractivity contribution < 1.29 is 24.5 Å². The zero-order chi connectivity index (χ0) is 13.8. The molecule has 19 heavy (non-hydrogen) atoms. The summed E-state index contributed by atoms with van der Waals surface area (Å²) in [6.07, 6.45) is -0.577. The number of benzene rings is 1. The smallest absolute Gasteiger partial charge is 0.306 e. The van der Waals surface area contributed by atoms with Crippen LogP contribution in [0, 0.1) is 0 Å². The van der Waals surface area contributed by atoms with Crippen LogP contribution in [0.4, 0.5) is 0 Å². The Morgan fingerprint density at radius 2 is 2.00 bits per heavy atom. The van der Waals surface area contributed by atoms with E-state index in [2.05, 4.69) is 0 Å². The average Bonchev–Trinajstić information content (AvgIpc) is 2.38. The van der Waals surface area contributed by atoms with Crippen molar-refractivity contribution in [3.63, 3.8) is 0 Å². The summed E-state index contributed by atoms with van der Waals surface area (Å²) in [5.74, 6) is -1.02. The van der Waals surface area contributed by atoms with Gasteiger partial charge in [-0.15, -0.1) is 0 Å². The van der Waals surface area contributed by atoms with Crippen molar-refractivity contribution >= 4 is 11.9 Å². The molecule has 1 saturated heterocycles. The summed E-state index contributed by atoms with van der Waals surface area (Å²) in [6, 6.07) is 5.98. The molecule has 0 aromatic heterocycles. The SMILES string of the molecule is O=C(O)CC1CN(C(=O)c2ccc(O)cc2)CCO1. The summed E-state index contributed by atoms with van der Waals surface area (Å²) in [4.78, 5) is 24.4. The molecule has 1 aromatic carbocycles. The highest BCUT2D eigenvalue weighted by Crippen LogP contribution is 2.15. The highest BCUT2D eigenvalue weighted by molar-refractivity contribution is 5.94. The van der Waals surface area contributed by atoms with Crippen LogP contribution in [0.2, 0.25) is 0 Å². The first-order valence-corrected chi connectivity index (χ1v) is 5.98. The molecular weight excluding hydrogens is 250 g/mol. The number of carbonyl (C=O) groups excluding carboxylic acids is 1. The summed E-state index contributed by atoms with van der Waals surface area (Å²) in [5.41, 5.74) is 0.466. The molecule has 1 heterocycles. The molecule has 2 rings (SSSR count). The van der Waals surface area contributed by atoms with E-state index >= 15 is 0 Å². The van der Waals surface area contributed by atoms with E-state index in [1.807, 2.05) is 0 Å². The molecule has 2 N–H and O–H groups in total. The second-order valence-electron chi connectivity index (χ2n) is 4.39. The molecule has 0 bridgehead atoms. The Morgan fingerprint density at radius 1 is 1.32 bits per heavy atom. The van der Waals surface area contributed by atoms with Gasteiger partial charge in [0.05, 0.1) is 19.1 Å². The van der Waals surface area contributed by atoms with Gasteiger partial charge in [-0.05, 0) is 24.3 Å². The lowest BCUT2D eigenvalue weighted by Crippen LogP contribution is -2.46. The van der Waals surface area contributed by atoms with Crippen LogP contribution in [-0.4, -0.2) is 52.8 Å². The Kier molecular flexibility index (Phi) is 4.01. The van der Waals surface area contributed by atoms with Crippen molar-refractivity contribution in [3.8, 4) is 5.75 Å². The maximum absolute atomic E-state index is 12.2. The van der Waals surface area contributed by atoms with E-state index in [1.54, 1.807) is 17.0 Å². The molecule has 0 spiro atoms. The normalized spacial score (nSPS) is 19.2. The Morgan fingerprint density at radius 3 is 2.63 bits per heavy atom. The van der Waals surface area contributed by atoms with E-state index in [0.717, 1.165) is 0 Å². The number of amides is 1. The number of phenolic OH excluding ortho intramolecular Hbond substituents is 1. The van der Waals surface area contributed by atoms with Crippen molar-refractivity contribution in [1.82, 2.24) is 4.90 Å². The molecule has 0 aliphatic carbocycles. The lowest BCUT2D eigenvalue weighted by atomic mass is 10.1. The number of rotatable bonds is 3. The number of aromatic hydroxyl groups is 1. The van der Waals surface area contributed by atoms with E-state index in [-0.39, 0.29) is 24.6 Å². The van der Waals surface area contributed by atoms with Crippen LogP contribution in [0.5, 0.6) is 5.75 Å². The van der Waals surface area contributed by atoms with Gasteiger partial charge in [0, 0.05) is 18.7 Å². The number of carboxylic acid groups (broad SMARTS) is 1. The molecule has 1 aliphatic rings. The quantitative estimate of drug-likeness (QED) is 0.840. The molecule has 1 atom stereocenters. The van der Waals surface area contributed by atoms with Gasteiger partial charge in [0.25, 0.3) is 5.91 Å². The first-order valence-electron chi connectivity index (χ1n) is 5.98. The third kappa shape index (κ3) is 3.45. The lowest BCUT2D eigenvalue weighted by Gasteiger charge is -2.32.